The lowest BCUT2D eigenvalue weighted by Gasteiger charge is -2.22. The number of nitrogens with zero attached hydrogens (tertiary/aromatic N) is 4. The highest BCUT2D eigenvalue weighted by Gasteiger charge is 2.34. The van der Waals surface area contributed by atoms with Crippen molar-refractivity contribution in [2.24, 2.45) is 0 Å². The third kappa shape index (κ3) is 4.71. The van der Waals surface area contributed by atoms with Crippen LogP contribution in [-0.4, -0.2) is 57.8 Å². The average molecular weight is 479 g/mol. The molecule has 1 unspecified atom stereocenters. The van der Waals surface area contributed by atoms with Gasteiger partial charge in [0.1, 0.15) is 23.0 Å². The van der Waals surface area contributed by atoms with Crippen molar-refractivity contribution in [3.05, 3.63) is 70.0 Å². The Hall–Kier alpha value is -3.88. The van der Waals surface area contributed by atoms with Crippen molar-refractivity contribution in [1.82, 2.24) is 19.4 Å². The Morgan fingerprint density at radius 2 is 1.89 bits per heavy atom. The Labute approximate surface area is 204 Å². The molecule has 3 heterocycles. The molecule has 1 amide bonds. The van der Waals surface area contributed by atoms with Crippen molar-refractivity contribution in [3.8, 4) is 23.1 Å². The van der Waals surface area contributed by atoms with Gasteiger partial charge in [-0.15, -0.1) is 0 Å². The first-order chi connectivity index (χ1) is 17.0. The van der Waals surface area contributed by atoms with E-state index in [1.54, 1.807) is 29.3 Å². The number of para-hydroxylation sites is 1. The minimum atomic E-state index is -0.745. The molecule has 0 saturated carbocycles. The molecule has 1 fully saturated rings. The second kappa shape index (κ2) is 10.6. The number of amides is 1. The number of likely N-dealkylation sites (tertiary alicyclic amines) is 1. The molecule has 1 aliphatic rings. The maximum Gasteiger partial charge on any atom is 0.289 e. The summed E-state index contributed by atoms with van der Waals surface area (Å²) in [5, 5.41) is 11.4. The number of ether oxygens (including phenoxy) is 2. The van der Waals surface area contributed by atoms with E-state index in [4.69, 9.17) is 9.47 Å². The van der Waals surface area contributed by atoms with Gasteiger partial charge in [0.05, 0.1) is 14.2 Å². The molecule has 4 rings (SSSR count). The van der Waals surface area contributed by atoms with E-state index < -0.39 is 17.3 Å². The lowest BCUT2D eigenvalue weighted by atomic mass is 10.0. The monoisotopic (exact) mass is 478 g/mol. The summed E-state index contributed by atoms with van der Waals surface area (Å²) in [6.07, 6.45) is 4.49. The number of carbonyl (C=O) groups is 1. The lowest BCUT2D eigenvalue weighted by molar-refractivity contribution is 0.0784. The molecule has 0 aliphatic carbocycles. The minimum absolute atomic E-state index is 0.0654. The highest BCUT2D eigenvalue weighted by atomic mass is 16.5. The number of carbonyl (C=O) groups excluding carboxylic acids is 1. The normalized spacial score (nSPS) is 15.3. The number of aryl methyl sites for hydroxylation is 1. The number of aromatic hydroxyl groups is 1. The second-order valence-corrected chi connectivity index (χ2v) is 8.47. The topological polar surface area (TPSA) is 107 Å². The highest BCUT2D eigenvalue weighted by molar-refractivity contribution is 5.96. The Kier molecular flexibility index (Phi) is 7.33. The van der Waals surface area contributed by atoms with Gasteiger partial charge in [0, 0.05) is 37.3 Å². The smallest absolute Gasteiger partial charge is 0.289 e. The van der Waals surface area contributed by atoms with Crippen LogP contribution in [0.3, 0.4) is 0 Å². The van der Waals surface area contributed by atoms with Crippen LogP contribution in [0.15, 0.2) is 47.4 Å². The van der Waals surface area contributed by atoms with E-state index in [0.717, 1.165) is 25.0 Å². The molecule has 1 aromatic carbocycles. The highest BCUT2D eigenvalue weighted by Crippen LogP contribution is 2.37. The predicted octanol–water partition coefficient (Wildman–Crippen LogP) is 3.32. The van der Waals surface area contributed by atoms with Gasteiger partial charge in [-0.05, 0) is 37.1 Å². The van der Waals surface area contributed by atoms with Gasteiger partial charge in [0.2, 0.25) is 5.88 Å². The third-order valence-electron chi connectivity index (χ3n) is 6.31. The number of methoxy groups -OCH3 is 2. The molecule has 1 aliphatic heterocycles. The first-order valence-corrected chi connectivity index (χ1v) is 11.8. The van der Waals surface area contributed by atoms with Gasteiger partial charge in [-0.1, -0.05) is 25.5 Å². The van der Waals surface area contributed by atoms with Gasteiger partial charge >= 0.3 is 0 Å². The molecule has 1 saturated heterocycles. The maximum atomic E-state index is 13.5. The summed E-state index contributed by atoms with van der Waals surface area (Å²) in [7, 11) is 3.01. The largest absolute Gasteiger partial charge is 0.494 e. The zero-order chi connectivity index (χ0) is 24.9. The summed E-state index contributed by atoms with van der Waals surface area (Å²) in [5.74, 6) is 0.209. The molecule has 35 heavy (non-hydrogen) atoms. The van der Waals surface area contributed by atoms with Gasteiger partial charge < -0.3 is 19.5 Å². The zero-order valence-corrected chi connectivity index (χ0v) is 20.2. The van der Waals surface area contributed by atoms with Gasteiger partial charge in [0.15, 0.2) is 5.56 Å². The van der Waals surface area contributed by atoms with Crippen LogP contribution < -0.4 is 15.0 Å². The number of pyridine rings is 1. The molecule has 184 valence electrons. The van der Waals surface area contributed by atoms with E-state index in [2.05, 4.69) is 9.97 Å². The summed E-state index contributed by atoms with van der Waals surface area (Å²) >= 11 is 0. The summed E-state index contributed by atoms with van der Waals surface area (Å²) in [4.78, 5) is 36.8. The number of unbranched alkanes of at least 4 members (excludes halogenated alkanes) is 1. The van der Waals surface area contributed by atoms with Crippen LogP contribution in [0, 0.1) is 0 Å². The average Bonchev–Trinajstić information content (AvgIpc) is 3.38. The molecule has 1 N–H and O–H groups in total. The molecule has 1 atom stereocenters. The van der Waals surface area contributed by atoms with Crippen molar-refractivity contribution >= 4 is 5.91 Å². The molecule has 2 aromatic heterocycles. The summed E-state index contributed by atoms with van der Waals surface area (Å²) in [6.45, 7) is 2.88. The van der Waals surface area contributed by atoms with Crippen molar-refractivity contribution in [2.75, 3.05) is 27.3 Å². The van der Waals surface area contributed by atoms with E-state index in [1.165, 1.54) is 18.8 Å². The molecular formula is C26H30N4O5. The fourth-order valence-corrected chi connectivity index (χ4v) is 4.49. The fraction of sp³-hybridized carbons (Fsp3) is 0.385. The number of hydrogen-bond acceptors (Lipinski definition) is 7. The molecule has 9 nitrogen and oxygen atoms in total. The standard InChI is InChI=1S/C26H30N4O5/c1-4-5-12-21-28-24(31)22(25(32)29-15-13-17(16-29)18-9-6-7-14-27-18)26(33)30(21)23-19(34-2)10-8-11-20(23)35-3/h6-11,14,17,33H,4-5,12-13,15-16H2,1-3H3. The Balaban J connectivity index is 1.80. The number of benzene rings is 1. The molecule has 9 heteroatoms. The van der Waals surface area contributed by atoms with Crippen molar-refractivity contribution in [2.45, 2.75) is 38.5 Å². The zero-order valence-electron chi connectivity index (χ0n) is 20.2. The van der Waals surface area contributed by atoms with Gasteiger partial charge in [-0.2, -0.15) is 4.98 Å². The van der Waals surface area contributed by atoms with Crippen LogP contribution >= 0.6 is 0 Å². The molecule has 0 radical (unpaired) electrons. The minimum Gasteiger partial charge on any atom is -0.494 e. The first kappa shape index (κ1) is 24.3. The van der Waals surface area contributed by atoms with Crippen LogP contribution in [0.5, 0.6) is 17.4 Å². The Bertz CT molecular complexity index is 1240. The fourth-order valence-electron chi connectivity index (χ4n) is 4.49. The van der Waals surface area contributed by atoms with Gasteiger partial charge in [0.25, 0.3) is 11.5 Å². The van der Waals surface area contributed by atoms with Crippen molar-refractivity contribution < 1.29 is 19.4 Å². The van der Waals surface area contributed by atoms with Gasteiger partial charge in [-0.3, -0.25) is 19.1 Å². The predicted molar refractivity (Wildman–Crippen MR) is 131 cm³/mol. The Morgan fingerprint density at radius 3 is 2.51 bits per heavy atom. The maximum absolute atomic E-state index is 13.5. The summed E-state index contributed by atoms with van der Waals surface area (Å²) in [6, 6.07) is 10.9. The number of rotatable bonds is 8. The van der Waals surface area contributed by atoms with Crippen LogP contribution in [0.1, 0.15) is 54.0 Å². The van der Waals surface area contributed by atoms with Crippen LogP contribution in [0.2, 0.25) is 0 Å². The van der Waals surface area contributed by atoms with E-state index in [1.807, 2.05) is 25.1 Å². The lowest BCUT2D eigenvalue weighted by Crippen LogP contribution is -2.35. The second-order valence-electron chi connectivity index (χ2n) is 8.47. The van der Waals surface area contributed by atoms with Crippen molar-refractivity contribution in [3.63, 3.8) is 0 Å². The van der Waals surface area contributed by atoms with Crippen LogP contribution in [0.4, 0.5) is 0 Å². The van der Waals surface area contributed by atoms with Gasteiger partial charge in [-0.25, -0.2) is 0 Å². The molecule has 0 spiro atoms. The van der Waals surface area contributed by atoms with E-state index in [9.17, 15) is 14.7 Å². The SMILES string of the molecule is CCCCc1nc(=O)c(C(=O)N2CCC(c3ccccn3)C2)c(O)n1-c1c(OC)cccc1OC. The van der Waals surface area contributed by atoms with Crippen LogP contribution in [0.25, 0.3) is 5.69 Å². The van der Waals surface area contributed by atoms with E-state index in [0.29, 0.717) is 42.5 Å². The molecule has 3 aromatic rings. The van der Waals surface area contributed by atoms with Crippen LogP contribution in [-0.2, 0) is 6.42 Å². The third-order valence-corrected chi connectivity index (χ3v) is 6.31. The van der Waals surface area contributed by atoms with E-state index >= 15 is 0 Å². The first-order valence-electron chi connectivity index (χ1n) is 11.8. The molecular weight excluding hydrogens is 448 g/mol. The summed E-state index contributed by atoms with van der Waals surface area (Å²) in [5.41, 5.74) is 0.177. The quantitative estimate of drug-likeness (QED) is 0.529. The van der Waals surface area contributed by atoms with Crippen molar-refractivity contribution in [1.29, 1.82) is 0 Å². The molecule has 0 bridgehead atoms. The Morgan fingerprint density at radius 1 is 1.14 bits per heavy atom. The summed E-state index contributed by atoms with van der Waals surface area (Å²) < 4.78 is 12.5. The number of hydrogen-bond donors (Lipinski definition) is 1. The number of aromatic nitrogens is 3. The van der Waals surface area contributed by atoms with E-state index in [-0.39, 0.29) is 11.5 Å².